The van der Waals surface area contributed by atoms with Crippen LogP contribution in [0.4, 0.5) is 8.78 Å². The van der Waals surface area contributed by atoms with Crippen molar-refractivity contribution >= 4 is 10.0 Å². The monoisotopic (exact) mass is 313 g/mol. The lowest BCUT2D eigenvalue weighted by Crippen LogP contribution is -2.12. The van der Waals surface area contributed by atoms with E-state index in [1.807, 2.05) is 0 Å². The van der Waals surface area contributed by atoms with Crippen molar-refractivity contribution < 1.29 is 21.9 Å². The van der Waals surface area contributed by atoms with Crippen LogP contribution in [0.1, 0.15) is 11.1 Å². The van der Waals surface area contributed by atoms with E-state index < -0.39 is 21.7 Å². The number of halogens is 2. The predicted molar refractivity (Wildman–Crippen MR) is 73.2 cm³/mol. The second kappa shape index (κ2) is 5.79. The van der Waals surface area contributed by atoms with Gasteiger partial charge in [-0.15, -0.1) is 0 Å². The van der Waals surface area contributed by atoms with Gasteiger partial charge in [0.05, 0.1) is 4.90 Å². The largest absolute Gasteiger partial charge is 0.489 e. The van der Waals surface area contributed by atoms with Crippen molar-refractivity contribution in [2.45, 2.75) is 18.4 Å². The Morgan fingerprint density at radius 3 is 2.24 bits per heavy atom. The Balaban J connectivity index is 2.17. The maximum atomic E-state index is 13.0. The second-order valence-corrected chi connectivity index (χ2v) is 6.10. The third kappa shape index (κ3) is 3.99. The minimum atomic E-state index is -3.78. The van der Waals surface area contributed by atoms with Crippen LogP contribution in [0, 0.1) is 18.6 Å². The van der Waals surface area contributed by atoms with Crippen molar-refractivity contribution in [3.63, 3.8) is 0 Å². The smallest absolute Gasteiger partial charge is 0.238 e. The molecule has 0 aliphatic heterocycles. The van der Waals surface area contributed by atoms with E-state index in [4.69, 9.17) is 9.88 Å². The summed E-state index contributed by atoms with van der Waals surface area (Å²) in [5.41, 5.74) is 0.890. The van der Waals surface area contributed by atoms with E-state index in [0.29, 0.717) is 16.9 Å². The zero-order valence-corrected chi connectivity index (χ0v) is 12.0. The average molecular weight is 313 g/mol. The van der Waals surface area contributed by atoms with E-state index in [0.717, 1.165) is 18.2 Å². The zero-order valence-electron chi connectivity index (χ0n) is 11.1. The first-order valence-corrected chi connectivity index (χ1v) is 7.51. The van der Waals surface area contributed by atoms with Crippen LogP contribution in [-0.4, -0.2) is 8.42 Å². The fourth-order valence-corrected chi connectivity index (χ4v) is 2.41. The van der Waals surface area contributed by atoms with Gasteiger partial charge < -0.3 is 4.74 Å². The van der Waals surface area contributed by atoms with Crippen molar-refractivity contribution in [1.29, 1.82) is 0 Å². The lowest BCUT2D eigenvalue weighted by molar-refractivity contribution is 0.302. The molecule has 0 aliphatic rings. The average Bonchev–Trinajstić information content (AvgIpc) is 2.35. The molecule has 112 valence electrons. The molecule has 0 bridgehead atoms. The van der Waals surface area contributed by atoms with Gasteiger partial charge in [0.15, 0.2) is 0 Å². The van der Waals surface area contributed by atoms with Crippen LogP contribution in [0.25, 0.3) is 0 Å². The van der Waals surface area contributed by atoms with Gasteiger partial charge in [0.25, 0.3) is 0 Å². The summed E-state index contributed by atoms with van der Waals surface area (Å²) < 4.78 is 53.9. The predicted octanol–water partition coefficient (Wildman–Crippen LogP) is 2.50. The molecule has 0 unspecified atom stereocenters. The topological polar surface area (TPSA) is 69.4 Å². The highest BCUT2D eigenvalue weighted by molar-refractivity contribution is 7.89. The number of aryl methyl sites for hydroxylation is 1. The summed E-state index contributed by atoms with van der Waals surface area (Å²) in [6.45, 7) is 1.61. The lowest BCUT2D eigenvalue weighted by Gasteiger charge is -2.10. The minimum Gasteiger partial charge on any atom is -0.489 e. The summed E-state index contributed by atoms with van der Waals surface area (Å²) in [7, 11) is -3.78. The molecule has 0 saturated heterocycles. The van der Waals surface area contributed by atoms with Gasteiger partial charge >= 0.3 is 0 Å². The van der Waals surface area contributed by atoms with Crippen LogP contribution >= 0.6 is 0 Å². The molecule has 2 aromatic rings. The molecule has 0 aliphatic carbocycles. The molecule has 0 atom stereocenters. The van der Waals surface area contributed by atoms with Crippen LogP contribution in [0.15, 0.2) is 41.3 Å². The van der Waals surface area contributed by atoms with Crippen molar-refractivity contribution in [2.75, 3.05) is 0 Å². The first kappa shape index (κ1) is 15.4. The third-order valence-electron chi connectivity index (χ3n) is 2.79. The highest BCUT2D eigenvalue weighted by atomic mass is 32.2. The van der Waals surface area contributed by atoms with Gasteiger partial charge in [-0.3, -0.25) is 0 Å². The number of hydrogen-bond donors (Lipinski definition) is 1. The van der Waals surface area contributed by atoms with E-state index >= 15 is 0 Å². The summed E-state index contributed by atoms with van der Waals surface area (Å²) in [5, 5.41) is 5.02. The normalized spacial score (nSPS) is 11.4. The Labute approximate surface area is 121 Å². The van der Waals surface area contributed by atoms with Crippen LogP contribution in [0.3, 0.4) is 0 Å². The molecule has 21 heavy (non-hydrogen) atoms. The fourth-order valence-electron chi connectivity index (χ4n) is 1.82. The number of hydrogen-bond acceptors (Lipinski definition) is 3. The number of ether oxygens (including phenoxy) is 1. The Hall–Kier alpha value is -1.99. The molecule has 0 saturated carbocycles. The van der Waals surface area contributed by atoms with E-state index in [2.05, 4.69) is 0 Å². The highest BCUT2D eigenvalue weighted by Crippen LogP contribution is 2.22. The first-order chi connectivity index (χ1) is 9.75. The standard InChI is InChI=1S/C14H13F2NO3S/c1-9-4-13(21(17,18)19)2-3-14(9)20-8-10-5-11(15)7-12(16)6-10/h2-7H,8H2,1H3,(H2,17,18,19). The molecule has 0 fully saturated rings. The number of benzene rings is 2. The van der Waals surface area contributed by atoms with Crippen molar-refractivity contribution in [2.24, 2.45) is 5.14 Å². The molecule has 7 heteroatoms. The molecule has 4 nitrogen and oxygen atoms in total. The SMILES string of the molecule is Cc1cc(S(N)(=O)=O)ccc1OCc1cc(F)cc(F)c1. The Morgan fingerprint density at radius 2 is 1.71 bits per heavy atom. The maximum Gasteiger partial charge on any atom is 0.238 e. The Morgan fingerprint density at radius 1 is 1.10 bits per heavy atom. The molecule has 2 N–H and O–H groups in total. The second-order valence-electron chi connectivity index (χ2n) is 4.54. The first-order valence-electron chi connectivity index (χ1n) is 5.97. The molecular formula is C14H13F2NO3S. The van der Waals surface area contributed by atoms with Crippen LogP contribution in [-0.2, 0) is 16.6 Å². The Kier molecular flexibility index (Phi) is 4.24. The number of nitrogens with two attached hydrogens (primary N) is 1. The van der Waals surface area contributed by atoms with E-state index in [-0.39, 0.29) is 11.5 Å². The third-order valence-corrected chi connectivity index (χ3v) is 3.70. The molecule has 2 rings (SSSR count). The molecule has 0 heterocycles. The molecule has 2 aromatic carbocycles. The van der Waals surface area contributed by atoms with E-state index in [1.54, 1.807) is 6.92 Å². The molecule has 0 spiro atoms. The summed E-state index contributed by atoms with van der Waals surface area (Å²) in [6.07, 6.45) is 0. The molecule has 0 radical (unpaired) electrons. The fraction of sp³-hybridized carbons (Fsp3) is 0.143. The quantitative estimate of drug-likeness (QED) is 0.943. The van der Waals surface area contributed by atoms with Crippen molar-refractivity contribution in [1.82, 2.24) is 0 Å². The summed E-state index contributed by atoms with van der Waals surface area (Å²) in [4.78, 5) is -0.0239. The summed E-state index contributed by atoms with van der Waals surface area (Å²) in [6, 6.07) is 7.23. The highest BCUT2D eigenvalue weighted by Gasteiger charge is 2.10. The lowest BCUT2D eigenvalue weighted by atomic mass is 10.2. The van der Waals surface area contributed by atoms with Crippen LogP contribution < -0.4 is 9.88 Å². The van der Waals surface area contributed by atoms with Crippen LogP contribution in [0.2, 0.25) is 0 Å². The molecule has 0 aromatic heterocycles. The van der Waals surface area contributed by atoms with Gasteiger partial charge in [-0.1, -0.05) is 0 Å². The number of sulfonamides is 1. The Bertz CT molecular complexity index is 756. The molecule has 0 amide bonds. The van der Waals surface area contributed by atoms with Gasteiger partial charge in [-0.25, -0.2) is 22.3 Å². The number of rotatable bonds is 4. The zero-order chi connectivity index (χ0) is 15.6. The van der Waals surface area contributed by atoms with Gasteiger partial charge in [-0.05, 0) is 48.4 Å². The van der Waals surface area contributed by atoms with E-state index in [9.17, 15) is 17.2 Å². The summed E-state index contributed by atoms with van der Waals surface area (Å²) in [5.74, 6) is -0.961. The molecular weight excluding hydrogens is 300 g/mol. The van der Waals surface area contributed by atoms with Gasteiger partial charge in [-0.2, -0.15) is 0 Å². The van der Waals surface area contributed by atoms with Gasteiger partial charge in [0, 0.05) is 6.07 Å². The van der Waals surface area contributed by atoms with Crippen molar-refractivity contribution in [3.8, 4) is 5.75 Å². The van der Waals surface area contributed by atoms with E-state index in [1.165, 1.54) is 18.2 Å². The maximum absolute atomic E-state index is 13.0. The summed E-state index contributed by atoms with van der Waals surface area (Å²) >= 11 is 0. The number of primary sulfonamides is 1. The van der Waals surface area contributed by atoms with Crippen molar-refractivity contribution in [3.05, 3.63) is 59.2 Å². The van der Waals surface area contributed by atoms with Crippen LogP contribution in [0.5, 0.6) is 5.75 Å². The van der Waals surface area contributed by atoms with Gasteiger partial charge in [0.1, 0.15) is 24.0 Å². The minimum absolute atomic E-state index is 0.0239. The van der Waals surface area contributed by atoms with Gasteiger partial charge in [0.2, 0.25) is 10.0 Å².